The van der Waals surface area contributed by atoms with Crippen LogP contribution in [0.3, 0.4) is 0 Å². The number of rotatable bonds is 6. The van der Waals surface area contributed by atoms with Gasteiger partial charge in [-0.05, 0) is 55.3 Å². The van der Waals surface area contributed by atoms with E-state index in [2.05, 4.69) is 10.2 Å². The molecule has 1 fully saturated rings. The van der Waals surface area contributed by atoms with Crippen LogP contribution in [0.2, 0.25) is 5.02 Å². The number of piperidine rings is 1. The van der Waals surface area contributed by atoms with Crippen LogP contribution in [0.5, 0.6) is 0 Å². The molecule has 2 aromatic rings. The van der Waals surface area contributed by atoms with Crippen LogP contribution in [0.1, 0.15) is 39.1 Å². The Morgan fingerprint density at radius 1 is 1.03 bits per heavy atom. The smallest absolute Gasteiger partial charge is 0.337 e. The summed E-state index contributed by atoms with van der Waals surface area (Å²) in [5.41, 5.74) is 1.81. The molecular weight excluding hydrogens is 420 g/mol. The van der Waals surface area contributed by atoms with Crippen LogP contribution in [-0.2, 0) is 20.8 Å². The first-order valence-corrected chi connectivity index (χ1v) is 10.4. The van der Waals surface area contributed by atoms with Gasteiger partial charge in [-0.1, -0.05) is 23.7 Å². The van der Waals surface area contributed by atoms with Gasteiger partial charge in [-0.25, -0.2) is 9.59 Å². The molecule has 164 valence electrons. The Hall–Kier alpha value is -2.90. The van der Waals surface area contributed by atoms with E-state index < -0.39 is 11.9 Å². The molecule has 3 rings (SSSR count). The number of hydrogen-bond acceptors (Lipinski definition) is 6. The number of hydrogen-bond donors (Lipinski definition) is 1. The maximum atomic E-state index is 12.9. The van der Waals surface area contributed by atoms with E-state index in [0.717, 1.165) is 31.5 Å². The Morgan fingerprint density at radius 2 is 1.65 bits per heavy atom. The number of esters is 2. The number of amides is 1. The molecule has 7 nitrogen and oxygen atoms in total. The van der Waals surface area contributed by atoms with Gasteiger partial charge < -0.3 is 14.8 Å². The molecule has 0 radical (unpaired) electrons. The van der Waals surface area contributed by atoms with Crippen molar-refractivity contribution in [2.24, 2.45) is 5.92 Å². The first kappa shape index (κ1) is 22.8. The van der Waals surface area contributed by atoms with Crippen molar-refractivity contribution >= 4 is 35.1 Å². The van der Waals surface area contributed by atoms with Crippen molar-refractivity contribution in [2.45, 2.75) is 19.4 Å². The summed E-state index contributed by atoms with van der Waals surface area (Å²) in [6, 6.07) is 12.0. The van der Waals surface area contributed by atoms with Crippen LogP contribution in [0.25, 0.3) is 0 Å². The van der Waals surface area contributed by atoms with Crippen molar-refractivity contribution in [1.82, 2.24) is 4.90 Å². The van der Waals surface area contributed by atoms with Gasteiger partial charge >= 0.3 is 11.9 Å². The lowest BCUT2D eigenvalue weighted by molar-refractivity contribution is -0.121. The second-order valence-corrected chi connectivity index (χ2v) is 7.91. The van der Waals surface area contributed by atoms with Gasteiger partial charge in [-0.3, -0.25) is 9.69 Å². The molecule has 0 aliphatic carbocycles. The summed E-state index contributed by atoms with van der Waals surface area (Å²) < 4.78 is 9.48. The van der Waals surface area contributed by atoms with Gasteiger partial charge in [0.05, 0.1) is 31.3 Å². The highest BCUT2D eigenvalue weighted by molar-refractivity contribution is 6.30. The van der Waals surface area contributed by atoms with E-state index in [-0.39, 0.29) is 23.0 Å². The molecule has 0 saturated carbocycles. The summed E-state index contributed by atoms with van der Waals surface area (Å²) in [4.78, 5) is 39.1. The molecule has 0 spiro atoms. The van der Waals surface area contributed by atoms with E-state index in [1.54, 1.807) is 0 Å². The van der Waals surface area contributed by atoms with E-state index in [1.807, 2.05) is 24.3 Å². The zero-order valence-electron chi connectivity index (χ0n) is 17.5. The third-order valence-corrected chi connectivity index (χ3v) is 5.49. The van der Waals surface area contributed by atoms with Crippen molar-refractivity contribution in [1.29, 1.82) is 0 Å². The van der Waals surface area contributed by atoms with Crippen molar-refractivity contribution in [3.63, 3.8) is 0 Å². The van der Waals surface area contributed by atoms with Gasteiger partial charge in [0.15, 0.2) is 0 Å². The van der Waals surface area contributed by atoms with Crippen LogP contribution in [0, 0.1) is 5.92 Å². The number of methoxy groups -OCH3 is 2. The Balaban J connectivity index is 1.70. The van der Waals surface area contributed by atoms with Crippen molar-refractivity contribution in [3.8, 4) is 0 Å². The van der Waals surface area contributed by atoms with Crippen molar-refractivity contribution in [2.75, 3.05) is 32.6 Å². The van der Waals surface area contributed by atoms with Gasteiger partial charge in [0.25, 0.3) is 0 Å². The van der Waals surface area contributed by atoms with E-state index in [9.17, 15) is 14.4 Å². The highest BCUT2D eigenvalue weighted by atomic mass is 35.5. The minimum atomic E-state index is -0.604. The fraction of sp³-hybridized carbons (Fsp3) is 0.348. The summed E-state index contributed by atoms with van der Waals surface area (Å²) in [5, 5.41) is 3.54. The highest BCUT2D eigenvalue weighted by Crippen LogP contribution is 2.23. The third kappa shape index (κ3) is 6.06. The minimum absolute atomic E-state index is 0.154. The average Bonchev–Trinajstić information content (AvgIpc) is 2.79. The number of anilines is 1. The lowest BCUT2D eigenvalue weighted by Crippen LogP contribution is -2.40. The predicted octanol–water partition coefficient (Wildman–Crippen LogP) is 3.76. The second-order valence-electron chi connectivity index (χ2n) is 7.47. The summed E-state index contributed by atoms with van der Waals surface area (Å²) in [6.45, 7) is 2.27. The zero-order chi connectivity index (χ0) is 22.4. The molecule has 1 N–H and O–H groups in total. The number of carbonyl (C=O) groups excluding carboxylic acids is 3. The van der Waals surface area contributed by atoms with Crippen LogP contribution in [0.15, 0.2) is 42.5 Å². The normalized spacial score (nSPS) is 16.4. The predicted molar refractivity (Wildman–Crippen MR) is 117 cm³/mol. The van der Waals surface area contributed by atoms with Gasteiger partial charge in [0.1, 0.15) is 0 Å². The van der Waals surface area contributed by atoms with Gasteiger partial charge in [-0.2, -0.15) is 0 Å². The molecule has 1 unspecified atom stereocenters. The molecule has 31 heavy (non-hydrogen) atoms. The SMILES string of the molecule is COC(=O)c1cc(NC(=O)C2CCCN(Cc3ccc(Cl)cc3)C2)cc(C(=O)OC)c1. The van der Waals surface area contributed by atoms with Crippen LogP contribution >= 0.6 is 11.6 Å². The van der Waals surface area contributed by atoms with E-state index in [1.165, 1.54) is 32.4 Å². The van der Waals surface area contributed by atoms with E-state index in [0.29, 0.717) is 17.3 Å². The van der Waals surface area contributed by atoms with E-state index in [4.69, 9.17) is 21.1 Å². The molecule has 1 aliphatic rings. The monoisotopic (exact) mass is 444 g/mol. The Morgan fingerprint density at radius 3 is 2.23 bits per heavy atom. The summed E-state index contributed by atoms with van der Waals surface area (Å²) in [6.07, 6.45) is 1.67. The molecule has 8 heteroatoms. The molecule has 1 heterocycles. The number of halogens is 1. The molecule has 0 aromatic heterocycles. The molecule has 1 aliphatic heterocycles. The zero-order valence-corrected chi connectivity index (χ0v) is 18.3. The standard InChI is InChI=1S/C23H25ClN2O5/c1-30-22(28)17-10-18(23(29)31-2)12-20(11-17)25-21(27)16-4-3-9-26(14-16)13-15-5-7-19(24)8-6-15/h5-8,10-12,16H,3-4,9,13-14H2,1-2H3,(H,25,27). The first-order chi connectivity index (χ1) is 14.9. The molecular formula is C23H25ClN2O5. The van der Waals surface area contributed by atoms with Crippen LogP contribution in [-0.4, -0.2) is 50.1 Å². The van der Waals surface area contributed by atoms with Gasteiger partial charge in [0.2, 0.25) is 5.91 Å². The number of nitrogens with zero attached hydrogens (tertiary/aromatic N) is 1. The number of likely N-dealkylation sites (tertiary alicyclic amines) is 1. The second kappa shape index (κ2) is 10.4. The maximum absolute atomic E-state index is 12.9. The van der Waals surface area contributed by atoms with E-state index >= 15 is 0 Å². The number of ether oxygens (including phenoxy) is 2. The quantitative estimate of drug-likeness (QED) is 0.683. The largest absolute Gasteiger partial charge is 0.465 e. The Kier molecular flexibility index (Phi) is 7.65. The summed E-state index contributed by atoms with van der Waals surface area (Å²) in [7, 11) is 2.51. The number of carbonyl (C=O) groups is 3. The molecule has 0 bridgehead atoms. The van der Waals surface area contributed by atoms with Crippen molar-refractivity contribution < 1.29 is 23.9 Å². The third-order valence-electron chi connectivity index (χ3n) is 5.24. The van der Waals surface area contributed by atoms with Crippen LogP contribution < -0.4 is 5.32 Å². The Labute approximate surface area is 186 Å². The average molecular weight is 445 g/mol. The molecule has 1 saturated heterocycles. The topological polar surface area (TPSA) is 84.9 Å². The lowest BCUT2D eigenvalue weighted by Gasteiger charge is -2.32. The molecule has 1 atom stereocenters. The van der Waals surface area contributed by atoms with Gasteiger partial charge in [0, 0.05) is 23.8 Å². The molecule has 1 amide bonds. The first-order valence-electron chi connectivity index (χ1n) is 9.99. The summed E-state index contributed by atoms with van der Waals surface area (Å²) >= 11 is 5.95. The van der Waals surface area contributed by atoms with Gasteiger partial charge in [-0.15, -0.1) is 0 Å². The summed E-state index contributed by atoms with van der Waals surface area (Å²) in [5.74, 6) is -1.57. The lowest BCUT2D eigenvalue weighted by atomic mass is 9.96. The van der Waals surface area contributed by atoms with Crippen LogP contribution in [0.4, 0.5) is 5.69 Å². The highest BCUT2D eigenvalue weighted by Gasteiger charge is 2.26. The minimum Gasteiger partial charge on any atom is -0.465 e. The fourth-order valence-electron chi connectivity index (χ4n) is 3.68. The maximum Gasteiger partial charge on any atom is 0.337 e. The van der Waals surface area contributed by atoms with Crippen molar-refractivity contribution in [3.05, 3.63) is 64.2 Å². The fourth-order valence-corrected chi connectivity index (χ4v) is 3.80. The number of nitrogens with one attached hydrogen (secondary N) is 1. The molecule has 2 aromatic carbocycles. The Bertz CT molecular complexity index is 927. The number of benzene rings is 2.